The van der Waals surface area contributed by atoms with Crippen LogP contribution in [-0.4, -0.2) is 87.2 Å². The van der Waals surface area contributed by atoms with Crippen LogP contribution in [0.25, 0.3) is 5.52 Å². The van der Waals surface area contributed by atoms with E-state index in [-0.39, 0.29) is 24.7 Å². The zero-order valence-corrected chi connectivity index (χ0v) is 35.5. The smallest absolute Gasteiger partial charge is 0.472 e. The molecule has 3 heterocycles. The average Bonchev–Trinajstić information content (AvgIpc) is 3.78. The van der Waals surface area contributed by atoms with E-state index in [1.807, 2.05) is 0 Å². The van der Waals surface area contributed by atoms with E-state index in [0.29, 0.717) is 29.0 Å². The summed E-state index contributed by atoms with van der Waals surface area (Å²) < 4.78 is 48.2. The molecule has 0 amide bonds. The topological polar surface area (TPSA) is 237 Å². The normalized spacial score (nSPS) is 20.6. The predicted molar refractivity (Wildman–Crippen MR) is 220 cm³/mol. The number of anilines is 1. The third kappa shape index (κ3) is 14.8. The maximum Gasteiger partial charge on any atom is 0.472 e. The number of nitrogens with two attached hydrogens (primary N) is 1. The third-order valence-electron chi connectivity index (χ3n) is 10.6. The molecule has 1 saturated heterocycles. The molecular formula is C42H63N6O10P. The lowest BCUT2D eigenvalue weighted by Gasteiger charge is -2.26. The van der Waals surface area contributed by atoms with E-state index < -0.39 is 51.1 Å². The molecule has 0 saturated carbocycles. The quantitative estimate of drug-likeness (QED) is 0.0382. The monoisotopic (exact) mass is 842 g/mol. The van der Waals surface area contributed by atoms with Crippen LogP contribution in [0.15, 0.2) is 36.7 Å². The highest BCUT2D eigenvalue weighted by Gasteiger charge is 2.57. The molecule has 2 aromatic heterocycles. The van der Waals surface area contributed by atoms with Gasteiger partial charge in [-0.05, 0) is 30.7 Å². The van der Waals surface area contributed by atoms with E-state index in [2.05, 4.69) is 23.1 Å². The zero-order valence-electron chi connectivity index (χ0n) is 34.6. The van der Waals surface area contributed by atoms with Gasteiger partial charge in [-0.1, -0.05) is 109 Å². The number of phosphoric acid groups is 1. The van der Waals surface area contributed by atoms with Crippen LogP contribution in [0.4, 0.5) is 5.82 Å². The van der Waals surface area contributed by atoms with Crippen LogP contribution in [0, 0.1) is 22.7 Å². The van der Waals surface area contributed by atoms with Gasteiger partial charge >= 0.3 is 7.82 Å². The minimum Gasteiger partial charge on any atom is -0.496 e. The molecule has 17 heteroatoms. The number of ether oxygens (including phenoxy) is 4. The third-order valence-corrected chi connectivity index (χ3v) is 11.6. The molecule has 0 spiro atoms. The molecule has 6 atom stereocenters. The molecule has 3 aromatic rings. The van der Waals surface area contributed by atoms with Crippen molar-refractivity contribution in [2.24, 2.45) is 0 Å². The van der Waals surface area contributed by atoms with Gasteiger partial charge in [-0.2, -0.15) is 15.6 Å². The highest BCUT2D eigenvalue weighted by Crippen LogP contribution is 2.47. The first-order chi connectivity index (χ1) is 28.6. The van der Waals surface area contributed by atoms with Crippen LogP contribution in [-0.2, 0) is 34.4 Å². The Morgan fingerprint density at radius 1 is 0.932 bits per heavy atom. The second kappa shape index (κ2) is 25.2. The predicted octanol–water partition coefficient (Wildman–Crippen LogP) is 7.24. The largest absolute Gasteiger partial charge is 0.496 e. The summed E-state index contributed by atoms with van der Waals surface area (Å²) >= 11 is 0. The summed E-state index contributed by atoms with van der Waals surface area (Å²) in [5, 5.41) is 45.3. The van der Waals surface area contributed by atoms with Gasteiger partial charge in [0.25, 0.3) is 0 Å². The van der Waals surface area contributed by atoms with E-state index in [4.69, 9.17) is 33.7 Å². The van der Waals surface area contributed by atoms with Crippen molar-refractivity contribution in [1.29, 1.82) is 10.5 Å². The lowest BCUT2D eigenvalue weighted by atomic mass is 9.96. The molecule has 0 bridgehead atoms. The van der Waals surface area contributed by atoms with Crippen LogP contribution in [0.2, 0.25) is 0 Å². The molecule has 1 aliphatic rings. The Morgan fingerprint density at radius 3 is 2.19 bits per heavy atom. The first-order valence-corrected chi connectivity index (χ1v) is 22.5. The van der Waals surface area contributed by atoms with Gasteiger partial charge in [-0.15, -0.1) is 0 Å². The van der Waals surface area contributed by atoms with E-state index in [1.54, 1.807) is 36.4 Å². The van der Waals surface area contributed by atoms with E-state index in [1.165, 1.54) is 101 Å². The standard InChI is InChI=1S/C42H63N6O10P/c1-3-4-5-6-7-8-9-10-11-12-13-14-15-16-17-18-23-54-27-34(55-26-33-20-19-32(25-43)24-37(33)53-2)28-56-59(51,52)57-30-42(29-44)40(50)38(49)39(58-42)35-21-22-36-41(45)46-31-47-48(35)36/h19-22,24,31,34,38-40,49-50H,3-18,23,26-28,30H2,1-2H3,(H,51,52)(H2,45,46,47)/t34-,38-,39?,40-,42+/m0/s1. The van der Waals surface area contributed by atoms with E-state index in [0.717, 1.165) is 19.3 Å². The Bertz CT molecular complexity index is 1840. The molecular weight excluding hydrogens is 779 g/mol. The van der Waals surface area contributed by atoms with Crippen LogP contribution in [0.5, 0.6) is 5.75 Å². The number of aliphatic hydroxyl groups excluding tert-OH is 2. The van der Waals surface area contributed by atoms with Crippen molar-refractivity contribution in [2.75, 3.05) is 39.3 Å². The molecule has 1 fully saturated rings. The minimum atomic E-state index is -4.89. The summed E-state index contributed by atoms with van der Waals surface area (Å²) in [6.45, 7) is 1.42. The minimum absolute atomic E-state index is 0.0176. The molecule has 326 valence electrons. The number of rotatable bonds is 30. The Labute approximate surface area is 348 Å². The first-order valence-electron chi connectivity index (χ1n) is 21.0. The second-order valence-corrected chi connectivity index (χ2v) is 16.6. The van der Waals surface area contributed by atoms with Crippen molar-refractivity contribution in [2.45, 2.75) is 146 Å². The fourth-order valence-electron chi connectivity index (χ4n) is 7.12. The Hall–Kier alpha value is -3.67. The number of nitrogen functional groups attached to an aromatic ring is 1. The number of fused-ring (bicyclic) bond motifs is 1. The van der Waals surface area contributed by atoms with Crippen LogP contribution in [0.1, 0.15) is 133 Å². The van der Waals surface area contributed by atoms with Gasteiger partial charge in [-0.3, -0.25) is 9.05 Å². The summed E-state index contributed by atoms with van der Waals surface area (Å²) in [7, 11) is -3.41. The number of nitriles is 2. The van der Waals surface area contributed by atoms with Gasteiger partial charge in [0.2, 0.25) is 5.60 Å². The lowest BCUT2D eigenvalue weighted by Crippen LogP contribution is -2.45. The van der Waals surface area contributed by atoms with Gasteiger partial charge in [0.1, 0.15) is 54.7 Å². The Balaban J connectivity index is 1.22. The maximum absolute atomic E-state index is 13.2. The number of aliphatic hydroxyl groups is 2. The number of aromatic nitrogens is 3. The van der Waals surface area contributed by atoms with Gasteiger partial charge in [0.05, 0.1) is 44.3 Å². The van der Waals surface area contributed by atoms with Crippen molar-refractivity contribution in [3.8, 4) is 17.9 Å². The van der Waals surface area contributed by atoms with Crippen LogP contribution in [0.3, 0.4) is 0 Å². The highest BCUT2D eigenvalue weighted by atomic mass is 31.2. The Kier molecular flexibility index (Phi) is 20.5. The Morgan fingerprint density at radius 2 is 1.58 bits per heavy atom. The number of phosphoric ester groups is 1. The lowest BCUT2D eigenvalue weighted by molar-refractivity contribution is -0.0790. The summed E-state index contributed by atoms with van der Waals surface area (Å²) in [6, 6.07) is 11.9. The van der Waals surface area contributed by atoms with Crippen molar-refractivity contribution in [3.05, 3.63) is 53.5 Å². The average molecular weight is 843 g/mol. The molecule has 16 nitrogen and oxygen atoms in total. The van der Waals surface area contributed by atoms with Crippen LogP contribution >= 0.6 is 7.82 Å². The molecule has 1 aromatic carbocycles. The van der Waals surface area contributed by atoms with Gasteiger partial charge in [-0.25, -0.2) is 14.1 Å². The van der Waals surface area contributed by atoms with Crippen molar-refractivity contribution in [1.82, 2.24) is 14.6 Å². The second-order valence-electron chi connectivity index (χ2n) is 15.2. The number of nitrogens with zero attached hydrogens (tertiary/aromatic N) is 5. The first kappa shape index (κ1) is 48.0. The van der Waals surface area contributed by atoms with Crippen LogP contribution < -0.4 is 10.5 Å². The molecule has 2 unspecified atom stereocenters. The van der Waals surface area contributed by atoms with Gasteiger partial charge < -0.3 is 39.8 Å². The molecule has 5 N–H and O–H groups in total. The van der Waals surface area contributed by atoms with Crippen molar-refractivity contribution >= 4 is 19.2 Å². The summed E-state index contributed by atoms with van der Waals surface area (Å²) in [6.07, 6.45) is 15.8. The van der Waals surface area contributed by atoms with Crippen molar-refractivity contribution < 1.29 is 47.7 Å². The molecule has 0 aliphatic carbocycles. The molecule has 59 heavy (non-hydrogen) atoms. The van der Waals surface area contributed by atoms with E-state index in [9.17, 15) is 30.2 Å². The molecule has 1 aliphatic heterocycles. The maximum atomic E-state index is 13.2. The number of hydrogen-bond acceptors (Lipinski definition) is 14. The SMILES string of the molecule is CCCCCCCCCCCCCCCCCCOC[C@@H](COP(=O)(O)OC[C@@]1(C#N)OC(c2ccc3c(N)ncnn23)[C@H](O)[C@@H]1O)OCc1ccc(C#N)cc1OC. The van der Waals surface area contributed by atoms with Gasteiger partial charge in [0.15, 0.2) is 5.82 Å². The number of methoxy groups -OCH3 is 1. The fraction of sp³-hybridized carbons (Fsp3) is 0.667. The summed E-state index contributed by atoms with van der Waals surface area (Å²) in [5.74, 6) is 0.604. The fourth-order valence-corrected chi connectivity index (χ4v) is 7.90. The van der Waals surface area contributed by atoms with Crippen molar-refractivity contribution in [3.63, 3.8) is 0 Å². The molecule has 0 radical (unpaired) electrons. The van der Waals surface area contributed by atoms with E-state index >= 15 is 0 Å². The highest BCUT2D eigenvalue weighted by molar-refractivity contribution is 7.47. The van der Waals surface area contributed by atoms with Gasteiger partial charge in [0, 0.05) is 12.2 Å². The number of unbranched alkanes of at least 4 members (excludes halogenated alkanes) is 15. The number of hydrogen-bond donors (Lipinski definition) is 4. The summed E-state index contributed by atoms with van der Waals surface area (Å²) in [4.78, 5) is 14.6. The molecule has 4 rings (SSSR count). The zero-order chi connectivity index (χ0) is 42.5. The number of benzene rings is 1. The summed E-state index contributed by atoms with van der Waals surface area (Å²) in [5.41, 5.74) is 5.40.